The fraction of sp³-hybridized carbons (Fsp3) is 0.412. The molecule has 0 radical (unpaired) electrons. The van der Waals surface area contributed by atoms with Crippen molar-refractivity contribution in [1.29, 1.82) is 0 Å². The van der Waals surface area contributed by atoms with Gasteiger partial charge in [-0.05, 0) is 42.7 Å². The van der Waals surface area contributed by atoms with Gasteiger partial charge in [0, 0.05) is 0 Å². The Morgan fingerprint density at radius 2 is 2.06 bits per heavy atom. The van der Waals surface area contributed by atoms with Crippen LogP contribution in [0.1, 0.15) is 31.2 Å². The van der Waals surface area contributed by atoms with Crippen molar-refractivity contribution in [2.75, 3.05) is 0 Å². The third kappa shape index (κ3) is 2.41. The summed E-state index contributed by atoms with van der Waals surface area (Å²) in [7, 11) is 0. The molecular weight excluding hydrogens is 220 g/mol. The molecule has 0 saturated heterocycles. The molecule has 1 fully saturated rings. The highest BCUT2D eigenvalue weighted by Gasteiger charge is 2.29. The third-order valence-corrected chi connectivity index (χ3v) is 4.12. The second kappa shape index (κ2) is 5.11. The van der Waals surface area contributed by atoms with E-state index in [1.807, 2.05) is 6.07 Å². The van der Waals surface area contributed by atoms with Gasteiger partial charge in [0.05, 0.1) is 12.7 Å². The molecule has 1 saturated carbocycles. The number of benzene rings is 1. The van der Waals surface area contributed by atoms with Crippen LogP contribution in [-0.2, 0) is 11.3 Å². The van der Waals surface area contributed by atoms with E-state index in [1.54, 1.807) is 5.57 Å². The second-order valence-electron chi connectivity index (χ2n) is 5.40. The van der Waals surface area contributed by atoms with Gasteiger partial charge in [-0.2, -0.15) is 0 Å². The minimum Gasteiger partial charge on any atom is -0.369 e. The van der Waals surface area contributed by atoms with Crippen molar-refractivity contribution in [3.05, 3.63) is 59.7 Å². The van der Waals surface area contributed by atoms with Gasteiger partial charge < -0.3 is 4.74 Å². The molecule has 0 aromatic heterocycles. The van der Waals surface area contributed by atoms with E-state index in [4.69, 9.17) is 4.74 Å². The van der Waals surface area contributed by atoms with Crippen LogP contribution in [0, 0.1) is 5.92 Å². The summed E-state index contributed by atoms with van der Waals surface area (Å²) in [6, 6.07) is 10.4. The van der Waals surface area contributed by atoms with E-state index >= 15 is 0 Å². The van der Waals surface area contributed by atoms with Crippen molar-refractivity contribution in [1.82, 2.24) is 0 Å². The first-order valence-electron chi connectivity index (χ1n) is 6.88. The molecule has 0 heterocycles. The molecule has 0 unspecified atom stereocenters. The molecule has 1 nitrogen and oxygen atoms in total. The fourth-order valence-corrected chi connectivity index (χ4v) is 3.09. The van der Waals surface area contributed by atoms with Crippen molar-refractivity contribution >= 4 is 0 Å². The maximum Gasteiger partial charge on any atom is 0.0829 e. The molecule has 0 N–H and O–H groups in total. The fourth-order valence-electron chi connectivity index (χ4n) is 3.09. The maximum absolute atomic E-state index is 6.05. The molecule has 1 heteroatoms. The van der Waals surface area contributed by atoms with E-state index in [9.17, 15) is 0 Å². The van der Waals surface area contributed by atoms with Gasteiger partial charge in [-0.1, -0.05) is 48.6 Å². The van der Waals surface area contributed by atoms with Gasteiger partial charge in [0.25, 0.3) is 0 Å². The van der Waals surface area contributed by atoms with E-state index in [0.29, 0.717) is 6.61 Å². The Bertz CT molecular complexity index is 458. The largest absolute Gasteiger partial charge is 0.369 e. The number of rotatable bonds is 3. The molecule has 0 bridgehead atoms. The number of ether oxygens (including phenoxy) is 1. The topological polar surface area (TPSA) is 9.23 Å². The molecule has 2 aliphatic carbocycles. The summed E-state index contributed by atoms with van der Waals surface area (Å²) in [4.78, 5) is 0. The number of hydrogen-bond acceptors (Lipinski definition) is 1. The van der Waals surface area contributed by atoms with Crippen LogP contribution in [0.4, 0.5) is 0 Å². The lowest BCUT2D eigenvalue weighted by molar-refractivity contribution is 0.0510. The Hall–Kier alpha value is -1.34. The van der Waals surface area contributed by atoms with Gasteiger partial charge in [0.1, 0.15) is 0 Å². The summed E-state index contributed by atoms with van der Waals surface area (Å²) in [5.74, 6) is 0.760. The Labute approximate surface area is 109 Å². The molecule has 2 aliphatic rings. The molecule has 0 amide bonds. The molecule has 2 atom stereocenters. The van der Waals surface area contributed by atoms with Gasteiger partial charge in [-0.3, -0.25) is 0 Å². The highest BCUT2D eigenvalue weighted by molar-refractivity contribution is 5.32. The van der Waals surface area contributed by atoms with Crippen molar-refractivity contribution < 1.29 is 4.74 Å². The van der Waals surface area contributed by atoms with Crippen LogP contribution < -0.4 is 0 Å². The molecule has 3 rings (SSSR count). The van der Waals surface area contributed by atoms with Crippen molar-refractivity contribution in [3.63, 3.8) is 0 Å². The molecule has 0 spiro atoms. The maximum atomic E-state index is 6.05. The Balaban J connectivity index is 1.62. The van der Waals surface area contributed by atoms with Crippen LogP contribution in [-0.4, -0.2) is 6.10 Å². The van der Waals surface area contributed by atoms with Gasteiger partial charge >= 0.3 is 0 Å². The van der Waals surface area contributed by atoms with Crippen LogP contribution in [0.2, 0.25) is 0 Å². The number of allylic oxidation sites excluding steroid dienone is 1. The predicted molar refractivity (Wildman–Crippen MR) is 74.2 cm³/mol. The van der Waals surface area contributed by atoms with E-state index in [-0.39, 0.29) is 6.10 Å². The lowest BCUT2D eigenvalue weighted by atomic mass is 9.86. The summed E-state index contributed by atoms with van der Waals surface area (Å²) in [6.07, 6.45) is 7.60. The van der Waals surface area contributed by atoms with E-state index < -0.39 is 0 Å². The second-order valence-corrected chi connectivity index (χ2v) is 5.40. The minimum atomic E-state index is 0.219. The van der Waals surface area contributed by atoms with Gasteiger partial charge in [-0.25, -0.2) is 0 Å². The standard InChI is InChI=1S/C17H20O/c1-13-10-15-8-5-9-16(15)11-17(13)18-12-14-6-3-2-4-7-14/h2-4,6-7,10,16-17H,1,5,8-9,11-12H2/t16-,17-/m0/s1. The van der Waals surface area contributed by atoms with Crippen LogP contribution >= 0.6 is 0 Å². The monoisotopic (exact) mass is 240 g/mol. The summed E-state index contributed by atoms with van der Waals surface area (Å²) < 4.78 is 6.05. The van der Waals surface area contributed by atoms with Crippen molar-refractivity contribution in [2.24, 2.45) is 5.92 Å². The van der Waals surface area contributed by atoms with Gasteiger partial charge in [0.15, 0.2) is 0 Å². The first kappa shape index (κ1) is 11.7. The lowest BCUT2D eigenvalue weighted by Gasteiger charge is -2.27. The van der Waals surface area contributed by atoms with Crippen LogP contribution in [0.3, 0.4) is 0 Å². The molecule has 94 valence electrons. The van der Waals surface area contributed by atoms with E-state index in [2.05, 4.69) is 36.9 Å². The minimum absolute atomic E-state index is 0.219. The molecule has 1 aromatic carbocycles. The Morgan fingerprint density at radius 1 is 1.22 bits per heavy atom. The van der Waals surface area contributed by atoms with E-state index in [1.165, 1.54) is 30.4 Å². The predicted octanol–water partition coefficient (Wildman–Crippen LogP) is 4.26. The third-order valence-electron chi connectivity index (χ3n) is 4.12. The van der Waals surface area contributed by atoms with Crippen molar-refractivity contribution in [2.45, 2.75) is 38.4 Å². The van der Waals surface area contributed by atoms with E-state index in [0.717, 1.165) is 12.3 Å². The highest BCUT2D eigenvalue weighted by Crippen LogP contribution is 2.40. The highest BCUT2D eigenvalue weighted by atomic mass is 16.5. The average molecular weight is 240 g/mol. The number of fused-ring (bicyclic) bond motifs is 1. The zero-order valence-electron chi connectivity index (χ0n) is 10.8. The zero-order chi connectivity index (χ0) is 12.4. The smallest absolute Gasteiger partial charge is 0.0829 e. The first-order chi connectivity index (χ1) is 8.83. The Kier molecular flexibility index (Phi) is 3.33. The van der Waals surface area contributed by atoms with Crippen LogP contribution in [0.5, 0.6) is 0 Å². The normalized spacial score (nSPS) is 26.9. The summed E-state index contributed by atoms with van der Waals surface area (Å²) in [5, 5.41) is 0. The van der Waals surface area contributed by atoms with Crippen LogP contribution in [0.15, 0.2) is 54.1 Å². The quantitative estimate of drug-likeness (QED) is 0.767. The average Bonchev–Trinajstić information content (AvgIpc) is 2.84. The molecule has 0 aliphatic heterocycles. The molecule has 18 heavy (non-hydrogen) atoms. The Morgan fingerprint density at radius 3 is 2.89 bits per heavy atom. The zero-order valence-corrected chi connectivity index (χ0v) is 10.8. The number of hydrogen-bond donors (Lipinski definition) is 0. The SMILES string of the molecule is C=C1C=C2CCC[C@H]2C[C@@H]1OCc1ccccc1. The molecule has 1 aromatic rings. The lowest BCUT2D eigenvalue weighted by Crippen LogP contribution is -2.22. The first-order valence-corrected chi connectivity index (χ1v) is 6.88. The van der Waals surface area contributed by atoms with Gasteiger partial charge in [-0.15, -0.1) is 0 Å². The van der Waals surface area contributed by atoms with Gasteiger partial charge in [0.2, 0.25) is 0 Å². The summed E-state index contributed by atoms with van der Waals surface area (Å²) >= 11 is 0. The van der Waals surface area contributed by atoms with Crippen molar-refractivity contribution in [3.8, 4) is 0 Å². The van der Waals surface area contributed by atoms with Crippen LogP contribution in [0.25, 0.3) is 0 Å². The summed E-state index contributed by atoms with van der Waals surface area (Å²) in [6.45, 7) is 4.86. The summed E-state index contributed by atoms with van der Waals surface area (Å²) in [5.41, 5.74) is 4.02. The molecular formula is C17H20O.